The van der Waals surface area contributed by atoms with Gasteiger partial charge in [-0.1, -0.05) is 0 Å². The topological polar surface area (TPSA) is 892 Å². The van der Waals surface area contributed by atoms with Crippen LogP contribution < -0.4 is 21.3 Å². The number of hydrogen-bond acceptors (Lipinski definition) is 52. The Morgan fingerprint density at radius 3 is 1.12 bits per heavy atom. The van der Waals surface area contributed by atoms with Gasteiger partial charge in [-0.05, 0) is 6.92 Å². The van der Waals surface area contributed by atoms with Crippen molar-refractivity contribution in [3.05, 3.63) is 0 Å². The molecule has 0 aromatic carbocycles. The van der Waals surface area contributed by atoms with Crippen molar-refractivity contribution in [3.8, 4) is 0 Å². The number of nitrogens with one attached hydrogen (secondary N) is 4. The molecule has 32 N–H and O–H groups in total. The van der Waals surface area contributed by atoms with Crippen LogP contribution in [0.4, 0.5) is 0 Å². The van der Waals surface area contributed by atoms with Gasteiger partial charge in [0.25, 0.3) is 0 Å². The third-order valence-corrected chi connectivity index (χ3v) is 22.7. The van der Waals surface area contributed by atoms with Gasteiger partial charge in [-0.3, -0.25) is 23.7 Å². The van der Waals surface area contributed by atoms with E-state index in [4.69, 9.17) is 85.3 Å². The second-order valence-corrected chi connectivity index (χ2v) is 32.3. The molecule has 0 bridgehead atoms. The van der Waals surface area contributed by atoms with E-state index >= 15 is 0 Å². The fraction of sp³-hybridized carbons (Fsp3) is 0.941. The molecule has 49 atom stereocenters. The Labute approximate surface area is 713 Å². The molecule has 9 aliphatic rings. The largest absolute Gasteiger partial charge is 0.397 e. The summed E-state index contributed by atoms with van der Waals surface area (Å²) in [6.07, 6.45) is -97.7. The summed E-state index contributed by atoms with van der Waals surface area (Å²) >= 11 is 0. The van der Waals surface area contributed by atoms with Crippen LogP contribution in [0.2, 0.25) is 0 Å². The lowest BCUT2D eigenvalue weighted by Crippen LogP contribution is -2.71. The first-order valence-electron chi connectivity index (χ1n) is 39.6. The first kappa shape index (κ1) is 106. The third kappa shape index (κ3) is 24.7. The first-order valence-corrected chi connectivity index (χ1v) is 40.9. The van der Waals surface area contributed by atoms with Crippen LogP contribution in [-0.2, 0) is 119 Å². The van der Waals surface area contributed by atoms with Crippen LogP contribution in [0, 0.1) is 0 Å². The average molecular weight is 1870 g/mol. The first-order chi connectivity index (χ1) is 59.3. The van der Waals surface area contributed by atoms with E-state index < -0.39 is 401 Å². The third-order valence-electron chi connectivity index (χ3n) is 22.3. The predicted molar refractivity (Wildman–Crippen MR) is 387 cm³/mol. The molecule has 9 aliphatic heterocycles. The number of ether oxygens (including phenoxy) is 18. The minimum absolute atomic E-state index is 0.870. The Morgan fingerprint density at radius 1 is 0.333 bits per heavy atom. The molecule has 9 heterocycles. The molecule has 0 spiro atoms. The van der Waals surface area contributed by atoms with Crippen LogP contribution in [-0.4, -0.2) is 541 Å². The van der Waals surface area contributed by atoms with E-state index in [-0.39, 0.29) is 0 Å². The van der Waals surface area contributed by atoms with E-state index in [2.05, 4.69) is 25.5 Å². The summed E-state index contributed by atoms with van der Waals surface area (Å²) in [6.45, 7) is -6.79. The summed E-state index contributed by atoms with van der Waals surface area (Å²) < 4.78 is 144. The average Bonchev–Trinajstić information content (AvgIpc) is 0.784. The molecule has 0 aromatic heterocycles. The Hall–Kier alpha value is -4.05. The summed E-state index contributed by atoms with van der Waals surface area (Å²) in [4.78, 5) is 51.3. The maximum absolute atomic E-state index is 13.2. The van der Waals surface area contributed by atoms with E-state index in [0.29, 0.717) is 0 Å². The zero-order valence-corrected chi connectivity index (χ0v) is 68.3. The quantitative estimate of drug-likeness (QED) is 0.0257. The molecule has 732 valence electrons. The van der Waals surface area contributed by atoms with Crippen molar-refractivity contribution >= 4 is 34.0 Å². The summed E-state index contributed by atoms with van der Waals surface area (Å²) in [5.74, 6) is -3.96. The number of hydrogen-bond donors (Lipinski definition) is 32. The van der Waals surface area contributed by atoms with Gasteiger partial charge in [0.1, 0.15) is 232 Å². The summed E-state index contributed by atoms with van der Waals surface area (Å²) in [7, 11) is -5.46. The van der Waals surface area contributed by atoms with E-state index in [0.717, 1.165) is 27.7 Å². The molecule has 0 aliphatic carbocycles. The van der Waals surface area contributed by atoms with Crippen molar-refractivity contribution in [1.82, 2.24) is 21.3 Å². The van der Waals surface area contributed by atoms with Gasteiger partial charge in [0, 0.05) is 27.7 Å². The highest BCUT2D eigenvalue weighted by molar-refractivity contribution is 7.80. The van der Waals surface area contributed by atoms with Gasteiger partial charge in [0.15, 0.2) is 56.6 Å². The summed E-state index contributed by atoms with van der Waals surface area (Å²) in [5.41, 5.74) is 0. The van der Waals surface area contributed by atoms with Gasteiger partial charge in [-0.2, -0.15) is 8.42 Å². The summed E-state index contributed by atoms with van der Waals surface area (Å²) in [5, 5.41) is 311. The second kappa shape index (κ2) is 46.3. The predicted octanol–water partition coefficient (Wildman–Crippen LogP) is -21.7. The minimum atomic E-state index is -5.46. The lowest BCUT2D eigenvalue weighted by atomic mass is 9.94. The number of aliphatic hydroxyl groups is 27. The standard InChI is InChI=1S/C68H116N4O53S/c1-16-34(85)44(95)48(99)63(110-16)107-13-22(84)53(35(86)21(6-73)69-17(2)80)119-60-31(70-18(3)81)42(93)55(27(11-78)114-60)121-67-52(103)58(40(91)30(118-67)15-109-65-51(102)57(122-66-50(101)46(97)37(88)24(8-75)112-66)39(90)29(117-65)14-108-64-49(100)45(96)36(87)23(7-74)111-64)123-68-59(47(98)38(89)25(9-76)113-68)124-62-32(71-19(4)82)41(92)54(26(10-77)115-62)120-61-33(72-20(5)83)43(94)56(28(12-79)116-61)125-126(104,105)106/h16,21-68,73-79,84-103H,6-15H2,1-5H3,(H,69,80)(H,70,81)(H,71,82)(H,72,83)(H,104,105,106)/t16-,21-,22+,23+,24+,25+,26+,27+,28+,29+,30+,31+,32+,33+,34+,35+,36+,37+,38+,39+,40+,41+,42+,43+,44+,45-,46-,47-,48-,49-,50-,51-,52-,53+,54+,55+,56-,57-,58-,59-,60-,61-,62-,63+,64-,65-,66+,67-,68+/m0/s1. The number of carbonyl (C=O) groups is 4. The van der Waals surface area contributed by atoms with Crippen molar-refractivity contribution in [2.24, 2.45) is 0 Å². The zero-order valence-electron chi connectivity index (χ0n) is 67.5. The molecule has 9 saturated heterocycles. The van der Waals surface area contributed by atoms with Crippen molar-refractivity contribution in [1.29, 1.82) is 0 Å². The fourth-order valence-electron chi connectivity index (χ4n) is 15.5. The van der Waals surface area contributed by atoms with Gasteiger partial charge in [-0.25, -0.2) is 4.18 Å². The molecule has 9 rings (SSSR count). The lowest BCUT2D eigenvalue weighted by Gasteiger charge is -2.51. The maximum Gasteiger partial charge on any atom is 0.397 e. The zero-order chi connectivity index (χ0) is 93.4. The lowest BCUT2D eigenvalue weighted by molar-refractivity contribution is -0.397. The molecule has 57 nitrogen and oxygen atoms in total. The molecule has 9 fully saturated rings. The van der Waals surface area contributed by atoms with Gasteiger partial charge in [0.2, 0.25) is 23.6 Å². The molecular formula is C68H116N4O53S. The van der Waals surface area contributed by atoms with Crippen LogP contribution in [0.25, 0.3) is 0 Å². The van der Waals surface area contributed by atoms with E-state index in [1.165, 1.54) is 6.92 Å². The Bertz CT molecular complexity index is 3510. The molecular weight excluding hydrogens is 1750 g/mol. The molecule has 0 saturated carbocycles. The molecule has 0 radical (unpaired) electrons. The van der Waals surface area contributed by atoms with Crippen molar-refractivity contribution in [2.45, 2.75) is 335 Å². The fourth-order valence-corrected chi connectivity index (χ4v) is 16.1. The Kier molecular flexibility index (Phi) is 38.8. The van der Waals surface area contributed by atoms with Crippen molar-refractivity contribution < 1.29 is 259 Å². The normalized spacial score (nSPS) is 46.0. The van der Waals surface area contributed by atoms with Crippen LogP contribution >= 0.6 is 0 Å². The van der Waals surface area contributed by atoms with Gasteiger partial charge in [-0.15, -0.1) is 0 Å². The molecule has 58 heteroatoms. The monoisotopic (exact) mass is 1870 g/mol. The van der Waals surface area contributed by atoms with Gasteiger partial charge >= 0.3 is 10.4 Å². The molecule has 126 heavy (non-hydrogen) atoms. The Morgan fingerprint density at radius 2 is 0.667 bits per heavy atom. The number of aliphatic hydroxyl groups excluding tert-OH is 27. The molecule has 0 unspecified atom stereocenters. The Balaban J connectivity index is 1.08. The second-order valence-electron chi connectivity index (χ2n) is 31.3. The van der Waals surface area contributed by atoms with Crippen molar-refractivity contribution in [2.75, 3.05) is 66.1 Å². The smallest absolute Gasteiger partial charge is 0.394 e. The van der Waals surface area contributed by atoms with Gasteiger partial charge < -0.3 is 244 Å². The molecule has 0 aromatic rings. The van der Waals surface area contributed by atoms with E-state index in [1.807, 2.05) is 0 Å². The van der Waals surface area contributed by atoms with Crippen LogP contribution in [0.3, 0.4) is 0 Å². The van der Waals surface area contributed by atoms with Crippen molar-refractivity contribution in [3.63, 3.8) is 0 Å². The van der Waals surface area contributed by atoms with Crippen LogP contribution in [0.1, 0.15) is 34.6 Å². The summed E-state index contributed by atoms with van der Waals surface area (Å²) in [6, 6.07) is -7.95. The molecule has 4 amide bonds. The highest BCUT2D eigenvalue weighted by Crippen LogP contribution is 2.40. The van der Waals surface area contributed by atoms with E-state index in [9.17, 15) is 170 Å². The highest BCUT2D eigenvalue weighted by Gasteiger charge is 2.61. The van der Waals surface area contributed by atoms with Gasteiger partial charge in [0.05, 0.1) is 78.2 Å². The highest BCUT2D eigenvalue weighted by atomic mass is 32.3. The number of carbonyl (C=O) groups excluding carboxylic acids is 4. The van der Waals surface area contributed by atoms with Crippen LogP contribution in [0.15, 0.2) is 0 Å². The maximum atomic E-state index is 13.2. The van der Waals surface area contributed by atoms with Crippen LogP contribution in [0.5, 0.6) is 0 Å². The minimum Gasteiger partial charge on any atom is -0.394 e. The SMILES string of the molecule is CC(=O)N[C@H]1[C@H](O[C@H]2[C@H](O)[C@@H](NC(C)=O)[C@H](O[C@@H]3[C@@H](O[C@@H]4[C@H](O)[C@H](O[C@H]5[C@H](O)[C@@H](NC(C)=O)[C@H](O[C@@H]([C@H](O)[C@H](CO)NC(C)=O)[C@H](O)CO[C@@H]6O[C@@H](C)[C@@H](O)[C@@H](O)[C@@H]6O)O[C@@H]5CO)O[C@H](CO[C@H]5O[C@H](CO[C@H]6O[C@H](CO)[C@@H](O)[C@H](O)[C@@H]6O)[C@@H](O)[C@H](O[C@H]6O[C@H](CO)[C@@H](O)[C@H](O)[C@@H]6O)[C@@H]5O)[C@H]4O)O[C@H](CO)[C@@H](O)[C@@H]3O)O[C@@H]2CO)O[C@H](CO)[C@H](OS(=O)(=O)O)[C@@H]1O. The number of amides is 4. The number of rotatable bonds is 37. The van der Waals surface area contributed by atoms with E-state index in [1.54, 1.807) is 0 Å².